The number of rotatable bonds is 6. The number of nitrogens with zero attached hydrogens (tertiary/aromatic N) is 3. The minimum Gasteiger partial charge on any atom is -0.481 e. The van der Waals surface area contributed by atoms with Crippen LogP contribution in [0.2, 0.25) is 0 Å². The average molecular weight is 396 g/mol. The van der Waals surface area contributed by atoms with Crippen molar-refractivity contribution >= 4 is 17.7 Å². The van der Waals surface area contributed by atoms with Crippen LogP contribution >= 0.6 is 0 Å². The van der Waals surface area contributed by atoms with Gasteiger partial charge in [0.05, 0.1) is 24.7 Å². The van der Waals surface area contributed by atoms with Gasteiger partial charge in [0.2, 0.25) is 5.91 Å². The minimum atomic E-state index is -1.17. The predicted molar refractivity (Wildman–Crippen MR) is 91.8 cm³/mol. The van der Waals surface area contributed by atoms with Crippen molar-refractivity contribution in [1.29, 1.82) is 0 Å². The molecule has 1 aliphatic heterocycles. The maximum absolute atomic E-state index is 12.0. The molecule has 2 heterocycles. The fraction of sp³-hybridized carbons (Fsp3) is 0.500. The van der Waals surface area contributed by atoms with Crippen LogP contribution in [0.1, 0.15) is 31.1 Å². The summed E-state index contributed by atoms with van der Waals surface area (Å²) in [5.74, 6) is 2.87. The topological polar surface area (TPSA) is 188 Å². The Kier molecular flexibility index (Phi) is 7.07. The van der Waals surface area contributed by atoms with Crippen molar-refractivity contribution in [2.45, 2.75) is 37.7 Å². The Morgan fingerprint density at radius 3 is 2.75 bits per heavy atom. The molecule has 0 saturated carbocycles. The Balaban J connectivity index is 2.11. The molecule has 1 amide bonds. The van der Waals surface area contributed by atoms with E-state index in [1.165, 1.54) is 6.20 Å². The summed E-state index contributed by atoms with van der Waals surface area (Å²) in [6.45, 7) is -0.827. The van der Waals surface area contributed by atoms with Gasteiger partial charge in [0, 0.05) is 19.0 Å². The van der Waals surface area contributed by atoms with Crippen LogP contribution in [0.25, 0.3) is 0 Å². The van der Waals surface area contributed by atoms with Crippen molar-refractivity contribution in [3.63, 3.8) is 0 Å². The molecule has 0 aliphatic carbocycles. The first kappa shape index (κ1) is 21.3. The predicted octanol–water partition coefficient (Wildman–Crippen LogP) is -2.10. The highest BCUT2D eigenvalue weighted by atomic mass is 16.5. The molecule has 28 heavy (non-hydrogen) atoms. The van der Waals surface area contributed by atoms with E-state index in [4.69, 9.17) is 20.7 Å². The van der Waals surface area contributed by atoms with Crippen molar-refractivity contribution in [2.75, 3.05) is 18.9 Å². The molecule has 0 radical (unpaired) electrons. The third kappa shape index (κ3) is 5.27. The molecular formula is C16H20N4O8. The first-order chi connectivity index (χ1) is 13.2. The van der Waals surface area contributed by atoms with Gasteiger partial charge in [-0.3, -0.25) is 19.4 Å². The lowest BCUT2D eigenvalue weighted by Gasteiger charge is -2.15. The van der Waals surface area contributed by atoms with Crippen molar-refractivity contribution in [1.82, 2.24) is 14.6 Å². The molecular weight excluding hydrogens is 376 g/mol. The average Bonchev–Trinajstić information content (AvgIpc) is 3.01. The zero-order chi connectivity index (χ0) is 20.8. The number of ether oxygens (including phenoxy) is 1. The quantitative estimate of drug-likeness (QED) is 0.202. The molecule has 1 aromatic rings. The Labute approximate surface area is 158 Å². The standard InChI is InChI=1S/C16H20N4O8/c17-15-9(2-1-5-20(27)12(23)3-4-14(24)25)7-19(16(26)18-15)13-6-10(22)11(8-21)28-13/h7,10-11,13,21-22,27H,3-6,8H2,(H,24,25)(H2,17,18,26)/t10?,11-,13-/m1/s1. The monoisotopic (exact) mass is 396 g/mol. The van der Waals surface area contributed by atoms with Gasteiger partial charge in [-0.2, -0.15) is 4.98 Å². The third-order valence-corrected chi connectivity index (χ3v) is 3.97. The lowest BCUT2D eigenvalue weighted by molar-refractivity contribution is -0.163. The first-order valence-corrected chi connectivity index (χ1v) is 8.25. The Morgan fingerprint density at radius 1 is 1.43 bits per heavy atom. The second-order valence-electron chi connectivity index (χ2n) is 5.99. The zero-order valence-electron chi connectivity index (χ0n) is 14.7. The second-order valence-corrected chi connectivity index (χ2v) is 5.99. The van der Waals surface area contributed by atoms with E-state index in [2.05, 4.69) is 16.8 Å². The number of anilines is 1. The van der Waals surface area contributed by atoms with Gasteiger partial charge >= 0.3 is 11.7 Å². The van der Waals surface area contributed by atoms with E-state index < -0.39 is 55.6 Å². The molecule has 1 saturated heterocycles. The summed E-state index contributed by atoms with van der Waals surface area (Å²) < 4.78 is 6.48. The van der Waals surface area contributed by atoms with E-state index in [1.807, 2.05) is 0 Å². The molecule has 152 valence electrons. The van der Waals surface area contributed by atoms with Crippen LogP contribution in [0, 0.1) is 11.8 Å². The molecule has 0 bridgehead atoms. The number of carboxylic acids is 1. The van der Waals surface area contributed by atoms with E-state index in [1.54, 1.807) is 0 Å². The molecule has 1 fully saturated rings. The zero-order valence-corrected chi connectivity index (χ0v) is 14.7. The highest BCUT2D eigenvalue weighted by molar-refractivity contribution is 5.80. The first-order valence-electron chi connectivity index (χ1n) is 8.25. The highest BCUT2D eigenvalue weighted by Crippen LogP contribution is 2.27. The fourth-order valence-electron chi connectivity index (χ4n) is 2.48. The van der Waals surface area contributed by atoms with Crippen molar-refractivity contribution in [3.8, 4) is 11.8 Å². The Bertz CT molecular complexity index is 858. The smallest absolute Gasteiger partial charge is 0.351 e. The van der Waals surface area contributed by atoms with Gasteiger partial charge < -0.3 is 25.8 Å². The normalized spacial score (nSPS) is 21.0. The van der Waals surface area contributed by atoms with Gasteiger partial charge in [0.25, 0.3) is 0 Å². The summed E-state index contributed by atoms with van der Waals surface area (Å²) in [5, 5.41) is 37.3. The molecule has 1 aromatic heterocycles. The lowest BCUT2D eigenvalue weighted by atomic mass is 10.2. The minimum absolute atomic E-state index is 0.0616. The summed E-state index contributed by atoms with van der Waals surface area (Å²) in [4.78, 5) is 37.6. The number of hydrogen-bond donors (Lipinski definition) is 5. The van der Waals surface area contributed by atoms with Gasteiger partial charge in [-0.15, -0.1) is 0 Å². The van der Waals surface area contributed by atoms with Crippen LogP contribution in [-0.4, -0.2) is 72.4 Å². The Morgan fingerprint density at radius 2 is 2.14 bits per heavy atom. The third-order valence-electron chi connectivity index (χ3n) is 3.97. The molecule has 6 N–H and O–H groups in total. The van der Waals surface area contributed by atoms with Gasteiger partial charge in [0.15, 0.2) is 0 Å². The van der Waals surface area contributed by atoms with Crippen LogP contribution in [0.5, 0.6) is 0 Å². The number of aliphatic hydroxyl groups excluding tert-OH is 2. The number of carbonyl (C=O) groups is 2. The highest BCUT2D eigenvalue weighted by Gasteiger charge is 2.35. The number of carbonyl (C=O) groups excluding carboxylic acids is 1. The van der Waals surface area contributed by atoms with Crippen LogP contribution in [-0.2, 0) is 14.3 Å². The molecule has 1 aliphatic rings. The maximum Gasteiger partial charge on any atom is 0.351 e. The Hall–Kier alpha value is -2.98. The largest absolute Gasteiger partial charge is 0.481 e. The molecule has 12 nitrogen and oxygen atoms in total. The van der Waals surface area contributed by atoms with E-state index in [0.717, 1.165) is 4.57 Å². The molecule has 12 heteroatoms. The number of aromatic nitrogens is 2. The van der Waals surface area contributed by atoms with E-state index in [-0.39, 0.29) is 29.3 Å². The van der Waals surface area contributed by atoms with Gasteiger partial charge in [-0.05, 0) is 0 Å². The number of nitrogens with two attached hydrogens (primary N) is 1. The lowest BCUT2D eigenvalue weighted by Crippen LogP contribution is -2.29. The molecule has 3 atom stereocenters. The van der Waals surface area contributed by atoms with E-state index >= 15 is 0 Å². The van der Waals surface area contributed by atoms with Crippen LogP contribution in [0.3, 0.4) is 0 Å². The number of hydroxylamine groups is 2. The molecule has 2 rings (SSSR count). The van der Waals surface area contributed by atoms with Gasteiger partial charge in [0.1, 0.15) is 24.7 Å². The second kappa shape index (κ2) is 9.29. The van der Waals surface area contributed by atoms with Crippen LogP contribution in [0.15, 0.2) is 11.0 Å². The van der Waals surface area contributed by atoms with Crippen molar-refractivity contribution in [3.05, 3.63) is 22.2 Å². The molecule has 1 unspecified atom stereocenters. The summed E-state index contributed by atoms with van der Waals surface area (Å²) in [6, 6.07) is 0. The molecule has 0 spiro atoms. The van der Waals surface area contributed by atoms with Crippen molar-refractivity contribution < 1.29 is 34.9 Å². The summed E-state index contributed by atoms with van der Waals surface area (Å²) in [6.07, 6.45) is -2.12. The molecule has 0 aromatic carbocycles. The number of aliphatic hydroxyl groups is 2. The number of amides is 1. The number of nitrogen functional groups attached to an aromatic ring is 1. The SMILES string of the molecule is Nc1nc(=O)n([C@H]2CC(O)[C@@H](CO)O2)cc1C#CCN(O)C(=O)CCC(=O)O. The fourth-order valence-corrected chi connectivity index (χ4v) is 2.48. The van der Waals surface area contributed by atoms with Gasteiger partial charge in [-0.25, -0.2) is 9.86 Å². The number of hydrogen-bond acceptors (Lipinski definition) is 9. The van der Waals surface area contributed by atoms with Gasteiger partial charge in [-0.1, -0.05) is 11.8 Å². The summed E-state index contributed by atoms with van der Waals surface area (Å²) in [7, 11) is 0. The number of carboxylic acid groups (broad SMARTS) is 1. The van der Waals surface area contributed by atoms with Crippen LogP contribution in [0.4, 0.5) is 5.82 Å². The summed E-state index contributed by atoms with van der Waals surface area (Å²) >= 11 is 0. The van der Waals surface area contributed by atoms with Crippen LogP contribution < -0.4 is 11.4 Å². The van der Waals surface area contributed by atoms with E-state index in [0.29, 0.717) is 0 Å². The number of aliphatic carboxylic acids is 1. The van der Waals surface area contributed by atoms with E-state index in [9.17, 15) is 24.7 Å². The van der Waals surface area contributed by atoms with Crippen molar-refractivity contribution in [2.24, 2.45) is 0 Å². The summed E-state index contributed by atoms with van der Waals surface area (Å²) in [5.41, 5.74) is 5.05. The maximum atomic E-state index is 12.0.